The van der Waals surface area contributed by atoms with Crippen molar-refractivity contribution in [2.75, 3.05) is 13.1 Å². The van der Waals surface area contributed by atoms with E-state index in [9.17, 15) is 9.59 Å². The third-order valence-electron chi connectivity index (χ3n) is 3.29. The van der Waals surface area contributed by atoms with Gasteiger partial charge < -0.3 is 15.3 Å². The van der Waals surface area contributed by atoms with Crippen LogP contribution in [0.5, 0.6) is 0 Å². The fraction of sp³-hybridized carbons (Fsp3) is 0.462. The largest absolute Gasteiger partial charge is 0.481 e. The lowest BCUT2D eigenvalue weighted by molar-refractivity contribution is -0.139. The lowest BCUT2D eigenvalue weighted by Crippen LogP contribution is -2.54. The molecule has 19 heavy (non-hydrogen) atoms. The number of hydrogen-bond donors (Lipinski definition) is 2. The summed E-state index contributed by atoms with van der Waals surface area (Å²) < 4.78 is 0. The zero-order valence-electron chi connectivity index (χ0n) is 10.8. The van der Waals surface area contributed by atoms with Gasteiger partial charge in [0.05, 0.1) is 6.42 Å². The van der Waals surface area contributed by atoms with E-state index in [1.54, 1.807) is 17.3 Å². The molecule has 1 aromatic heterocycles. The summed E-state index contributed by atoms with van der Waals surface area (Å²) in [7, 11) is 0. The Hall–Kier alpha value is -2.11. The van der Waals surface area contributed by atoms with E-state index in [-0.39, 0.29) is 18.4 Å². The molecule has 2 heterocycles. The Bertz CT molecular complexity index is 484. The van der Waals surface area contributed by atoms with Crippen LogP contribution in [-0.2, 0) is 11.3 Å². The predicted molar refractivity (Wildman–Crippen MR) is 68.5 cm³/mol. The molecule has 2 rings (SSSR count). The Labute approximate surface area is 111 Å². The van der Waals surface area contributed by atoms with Gasteiger partial charge in [-0.2, -0.15) is 0 Å². The van der Waals surface area contributed by atoms with E-state index in [2.05, 4.69) is 10.3 Å². The van der Waals surface area contributed by atoms with Gasteiger partial charge in [0.15, 0.2) is 0 Å². The minimum atomic E-state index is -0.809. The number of likely N-dealkylation sites (tertiary alicyclic amines) is 1. The van der Waals surface area contributed by atoms with Crippen molar-refractivity contribution in [1.82, 2.24) is 15.2 Å². The van der Waals surface area contributed by atoms with Gasteiger partial charge in [-0.1, -0.05) is 0 Å². The summed E-state index contributed by atoms with van der Waals surface area (Å²) in [6, 6.07) is 1.75. The minimum Gasteiger partial charge on any atom is -0.481 e. The highest BCUT2D eigenvalue weighted by atomic mass is 16.4. The molecule has 0 aliphatic carbocycles. The SMILES string of the molecule is Cc1ccncc1CNC(=O)N1CC(CC(=O)O)C1. The maximum Gasteiger partial charge on any atom is 0.317 e. The Morgan fingerprint density at radius 3 is 2.89 bits per heavy atom. The van der Waals surface area contributed by atoms with Crippen molar-refractivity contribution >= 4 is 12.0 Å². The summed E-state index contributed by atoms with van der Waals surface area (Å²) in [5, 5.41) is 11.4. The molecule has 0 saturated carbocycles. The maximum atomic E-state index is 11.8. The van der Waals surface area contributed by atoms with Crippen molar-refractivity contribution in [3.05, 3.63) is 29.6 Å². The molecule has 0 unspecified atom stereocenters. The van der Waals surface area contributed by atoms with E-state index in [1.165, 1.54) is 0 Å². The topological polar surface area (TPSA) is 82.5 Å². The van der Waals surface area contributed by atoms with Crippen molar-refractivity contribution < 1.29 is 14.7 Å². The summed E-state index contributed by atoms with van der Waals surface area (Å²) in [6.45, 7) is 3.45. The van der Waals surface area contributed by atoms with Gasteiger partial charge in [-0.3, -0.25) is 9.78 Å². The summed E-state index contributed by atoms with van der Waals surface area (Å²) >= 11 is 0. The number of carbonyl (C=O) groups is 2. The first-order chi connectivity index (χ1) is 9.06. The Kier molecular flexibility index (Phi) is 3.99. The molecule has 0 spiro atoms. The predicted octanol–water partition coefficient (Wildman–Crippen LogP) is 1.01. The van der Waals surface area contributed by atoms with Crippen LogP contribution in [0.2, 0.25) is 0 Å². The molecule has 6 nitrogen and oxygen atoms in total. The van der Waals surface area contributed by atoms with Gasteiger partial charge in [-0.15, -0.1) is 0 Å². The van der Waals surface area contributed by atoms with E-state index in [0.29, 0.717) is 19.6 Å². The van der Waals surface area contributed by atoms with Crippen molar-refractivity contribution in [2.45, 2.75) is 19.9 Å². The fourth-order valence-electron chi connectivity index (χ4n) is 2.08. The average Bonchev–Trinajstić information content (AvgIpc) is 2.31. The molecule has 1 aliphatic rings. The van der Waals surface area contributed by atoms with Crippen LogP contribution in [0.25, 0.3) is 0 Å². The van der Waals surface area contributed by atoms with Gasteiger partial charge in [0.2, 0.25) is 0 Å². The van der Waals surface area contributed by atoms with Crippen molar-refractivity contribution in [2.24, 2.45) is 5.92 Å². The number of aliphatic carboxylic acids is 1. The number of urea groups is 1. The van der Waals surface area contributed by atoms with Crippen LogP contribution in [0.4, 0.5) is 4.79 Å². The first kappa shape index (κ1) is 13.3. The van der Waals surface area contributed by atoms with Crippen molar-refractivity contribution in [3.8, 4) is 0 Å². The second-order valence-electron chi connectivity index (χ2n) is 4.83. The van der Waals surface area contributed by atoms with Gasteiger partial charge in [-0.05, 0) is 24.1 Å². The van der Waals surface area contributed by atoms with Crippen LogP contribution in [0.15, 0.2) is 18.5 Å². The van der Waals surface area contributed by atoms with Gasteiger partial charge in [0.1, 0.15) is 0 Å². The van der Waals surface area contributed by atoms with Gasteiger partial charge >= 0.3 is 12.0 Å². The number of carbonyl (C=O) groups excluding carboxylic acids is 1. The highest BCUT2D eigenvalue weighted by Crippen LogP contribution is 2.18. The smallest absolute Gasteiger partial charge is 0.317 e. The molecule has 102 valence electrons. The van der Waals surface area contributed by atoms with Crippen LogP contribution in [0.1, 0.15) is 17.5 Å². The first-order valence-corrected chi connectivity index (χ1v) is 6.20. The standard InChI is InChI=1S/C13H17N3O3/c1-9-2-3-14-5-11(9)6-15-13(19)16-7-10(8-16)4-12(17)18/h2-3,5,10H,4,6-8H2,1H3,(H,15,19)(H,17,18). The molecule has 6 heteroatoms. The number of aromatic nitrogens is 1. The molecule has 1 aliphatic heterocycles. The average molecular weight is 263 g/mol. The number of nitrogens with one attached hydrogen (secondary N) is 1. The molecule has 1 fully saturated rings. The quantitative estimate of drug-likeness (QED) is 0.849. The van der Waals surface area contributed by atoms with E-state index in [1.807, 2.05) is 13.0 Å². The van der Waals surface area contributed by atoms with Crippen LogP contribution in [0, 0.1) is 12.8 Å². The Balaban J connectivity index is 1.75. The molecule has 2 amide bonds. The number of aryl methyl sites for hydroxylation is 1. The maximum absolute atomic E-state index is 11.8. The van der Waals surface area contributed by atoms with E-state index < -0.39 is 5.97 Å². The van der Waals surface area contributed by atoms with E-state index in [4.69, 9.17) is 5.11 Å². The number of rotatable bonds is 4. The van der Waals surface area contributed by atoms with Gasteiger partial charge in [-0.25, -0.2) is 4.79 Å². The lowest BCUT2D eigenvalue weighted by Gasteiger charge is -2.38. The minimum absolute atomic E-state index is 0.0865. The summed E-state index contributed by atoms with van der Waals surface area (Å²) in [4.78, 5) is 27.9. The molecular formula is C13H17N3O3. The van der Waals surface area contributed by atoms with Gasteiger partial charge in [0.25, 0.3) is 0 Å². The zero-order valence-corrected chi connectivity index (χ0v) is 10.8. The van der Waals surface area contributed by atoms with Gasteiger partial charge in [0, 0.05) is 37.9 Å². The number of carboxylic acid groups (broad SMARTS) is 1. The number of pyridine rings is 1. The van der Waals surface area contributed by atoms with Crippen LogP contribution in [-0.4, -0.2) is 40.1 Å². The third kappa shape index (κ3) is 3.43. The number of nitrogens with zero attached hydrogens (tertiary/aromatic N) is 2. The summed E-state index contributed by atoms with van der Waals surface area (Å²) in [6.07, 6.45) is 3.58. The molecule has 1 saturated heterocycles. The Morgan fingerprint density at radius 1 is 1.53 bits per heavy atom. The van der Waals surface area contributed by atoms with Crippen LogP contribution >= 0.6 is 0 Å². The van der Waals surface area contributed by atoms with Crippen molar-refractivity contribution in [1.29, 1.82) is 0 Å². The Morgan fingerprint density at radius 2 is 2.26 bits per heavy atom. The second kappa shape index (κ2) is 5.69. The first-order valence-electron chi connectivity index (χ1n) is 6.20. The number of carboxylic acids is 1. The molecule has 0 aromatic carbocycles. The molecule has 0 radical (unpaired) electrons. The lowest BCUT2D eigenvalue weighted by atomic mass is 9.97. The molecule has 2 N–H and O–H groups in total. The second-order valence-corrected chi connectivity index (χ2v) is 4.83. The monoisotopic (exact) mass is 263 g/mol. The van der Waals surface area contributed by atoms with Crippen LogP contribution in [0.3, 0.4) is 0 Å². The highest BCUT2D eigenvalue weighted by molar-refractivity contribution is 5.75. The molecular weight excluding hydrogens is 246 g/mol. The third-order valence-corrected chi connectivity index (χ3v) is 3.29. The number of hydrogen-bond acceptors (Lipinski definition) is 3. The van der Waals surface area contributed by atoms with E-state index in [0.717, 1.165) is 11.1 Å². The summed E-state index contributed by atoms with van der Waals surface area (Å²) in [5.41, 5.74) is 2.07. The molecule has 0 atom stereocenters. The molecule has 1 aromatic rings. The van der Waals surface area contributed by atoms with E-state index >= 15 is 0 Å². The fourth-order valence-corrected chi connectivity index (χ4v) is 2.08. The van der Waals surface area contributed by atoms with Crippen molar-refractivity contribution in [3.63, 3.8) is 0 Å². The molecule has 0 bridgehead atoms. The normalized spacial score (nSPS) is 14.9. The highest BCUT2D eigenvalue weighted by Gasteiger charge is 2.31. The zero-order chi connectivity index (χ0) is 13.8. The summed E-state index contributed by atoms with van der Waals surface area (Å²) in [5.74, 6) is -0.723. The number of amides is 2. The van der Waals surface area contributed by atoms with Crippen LogP contribution < -0.4 is 5.32 Å².